The maximum Gasteiger partial charge on any atom is 0.416 e. The SMILES string of the molecule is NC(=NC1CC1)NC1CC(c2cccc(C(F)(F)F)c2)C1. The van der Waals surface area contributed by atoms with E-state index in [0.717, 1.165) is 37.3 Å². The lowest BCUT2D eigenvalue weighted by Crippen LogP contribution is -2.46. The zero-order chi connectivity index (χ0) is 15.0. The van der Waals surface area contributed by atoms with Crippen molar-refractivity contribution in [3.63, 3.8) is 0 Å². The van der Waals surface area contributed by atoms with Crippen LogP contribution in [0, 0.1) is 0 Å². The van der Waals surface area contributed by atoms with E-state index in [1.807, 2.05) is 0 Å². The van der Waals surface area contributed by atoms with E-state index in [1.54, 1.807) is 6.07 Å². The molecule has 0 unspecified atom stereocenters. The smallest absolute Gasteiger partial charge is 0.370 e. The monoisotopic (exact) mass is 297 g/mol. The molecule has 2 fully saturated rings. The summed E-state index contributed by atoms with van der Waals surface area (Å²) in [4.78, 5) is 4.29. The topological polar surface area (TPSA) is 50.4 Å². The van der Waals surface area contributed by atoms with Crippen molar-refractivity contribution in [1.29, 1.82) is 0 Å². The molecule has 0 bridgehead atoms. The van der Waals surface area contributed by atoms with Gasteiger partial charge in [0, 0.05) is 6.04 Å². The highest BCUT2D eigenvalue weighted by atomic mass is 19.4. The van der Waals surface area contributed by atoms with Crippen LogP contribution in [0.25, 0.3) is 0 Å². The van der Waals surface area contributed by atoms with Gasteiger partial charge in [-0.2, -0.15) is 13.2 Å². The molecule has 3 N–H and O–H groups in total. The predicted octanol–water partition coefficient (Wildman–Crippen LogP) is 3.02. The molecule has 2 aliphatic carbocycles. The summed E-state index contributed by atoms with van der Waals surface area (Å²) in [5.41, 5.74) is 5.95. The van der Waals surface area contributed by atoms with Gasteiger partial charge in [-0.15, -0.1) is 0 Å². The van der Waals surface area contributed by atoms with Crippen molar-refractivity contribution < 1.29 is 13.2 Å². The van der Waals surface area contributed by atoms with Crippen LogP contribution < -0.4 is 11.1 Å². The minimum Gasteiger partial charge on any atom is -0.370 e. The maximum atomic E-state index is 12.7. The maximum absolute atomic E-state index is 12.7. The molecule has 0 amide bonds. The van der Waals surface area contributed by atoms with Gasteiger partial charge < -0.3 is 11.1 Å². The van der Waals surface area contributed by atoms with E-state index in [9.17, 15) is 13.2 Å². The summed E-state index contributed by atoms with van der Waals surface area (Å²) in [6.07, 6.45) is -0.497. The fraction of sp³-hybridized carbons (Fsp3) is 0.533. The van der Waals surface area contributed by atoms with Gasteiger partial charge in [-0.05, 0) is 43.2 Å². The number of halogens is 3. The van der Waals surface area contributed by atoms with Crippen LogP contribution in [0.3, 0.4) is 0 Å². The van der Waals surface area contributed by atoms with Crippen molar-refractivity contribution in [1.82, 2.24) is 5.32 Å². The molecule has 1 aromatic rings. The van der Waals surface area contributed by atoms with Crippen LogP contribution in [-0.4, -0.2) is 18.0 Å². The van der Waals surface area contributed by atoms with Gasteiger partial charge in [-0.25, -0.2) is 0 Å². The van der Waals surface area contributed by atoms with Gasteiger partial charge in [0.1, 0.15) is 0 Å². The van der Waals surface area contributed by atoms with E-state index in [4.69, 9.17) is 5.73 Å². The summed E-state index contributed by atoms with van der Waals surface area (Å²) in [5.74, 6) is 0.628. The van der Waals surface area contributed by atoms with E-state index >= 15 is 0 Å². The first kappa shape index (κ1) is 14.2. The molecule has 6 heteroatoms. The van der Waals surface area contributed by atoms with Gasteiger partial charge in [0.15, 0.2) is 5.96 Å². The lowest BCUT2D eigenvalue weighted by molar-refractivity contribution is -0.137. The van der Waals surface area contributed by atoms with Gasteiger partial charge in [0.2, 0.25) is 0 Å². The molecule has 3 nitrogen and oxygen atoms in total. The molecule has 0 aliphatic heterocycles. The molecule has 0 atom stereocenters. The second-order valence-corrected chi connectivity index (χ2v) is 5.88. The lowest BCUT2D eigenvalue weighted by Gasteiger charge is -2.36. The van der Waals surface area contributed by atoms with Crippen molar-refractivity contribution in [2.45, 2.75) is 49.9 Å². The second-order valence-electron chi connectivity index (χ2n) is 5.88. The molecule has 2 saturated carbocycles. The summed E-state index contributed by atoms with van der Waals surface area (Å²) in [6, 6.07) is 6.18. The molecule has 2 aliphatic rings. The van der Waals surface area contributed by atoms with E-state index in [1.165, 1.54) is 12.1 Å². The Morgan fingerprint density at radius 3 is 2.57 bits per heavy atom. The molecular formula is C15H18F3N3. The summed E-state index contributed by atoms with van der Waals surface area (Å²) in [7, 11) is 0. The van der Waals surface area contributed by atoms with Crippen LogP contribution in [0.15, 0.2) is 29.3 Å². The summed E-state index contributed by atoms with van der Waals surface area (Å²) in [5, 5.41) is 3.14. The Labute approximate surface area is 121 Å². The number of nitrogens with zero attached hydrogens (tertiary/aromatic N) is 1. The Balaban J connectivity index is 1.56. The molecule has 114 valence electrons. The van der Waals surface area contributed by atoms with Crippen LogP contribution in [-0.2, 0) is 6.18 Å². The normalized spacial score (nSPS) is 26.3. The Bertz CT molecular complexity index is 543. The Morgan fingerprint density at radius 2 is 1.95 bits per heavy atom. The number of benzene rings is 1. The van der Waals surface area contributed by atoms with Crippen LogP contribution in [0.4, 0.5) is 13.2 Å². The molecule has 0 aromatic heterocycles. The van der Waals surface area contributed by atoms with Gasteiger partial charge in [-0.3, -0.25) is 4.99 Å². The molecule has 3 rings (SSSR count). The fourth-order valence-electron chi connectivity index (χ4n) is 2.62. The van der Waals surface area contributed by atoms with Gasteiger partial charge in [-0.1, -0.05) is 18.2 Å². The number of aliphatic imine (C=N–C) groups is 1. The average molecular weight is 297 g/mol. The van der Waals surface area contributed by atoms with Crippen LogP contribution >= 0.6 is 0 Å². The summed E-state index contributed by atoms with van der Waals surface area (Å²) >= 11 is 0. The number of guanidine groups is 1. The van der Waals surface area contributed by atoms with Crippen LogP contribution in [0.5, 0.6) is 0 Å². The van der Waals surface area contributed by atoms with Gasteiger partial charge >= 0.3 is 6.18 Å². The van der Waals surface area contributed by atoms with Crippen LogP contribution in [0.1, 0.15) is 42.7 Å². The predicted molar refractivity (Wildman–Crippen MR) is 75.0 cm³/mol. The third-order valence-electron chi connectivity index (χ3n) is 4.04. The highest BCUT2D eigenvalue weighted by Crippen LogP contribution is 2.39. The lowest BCUT2D eigenvalue weighted by atomic mass is 9.75. The van der Waals surface area contributed by atoms with Crippen molar-refractivity contribution in [2.24, 2.45) is 10.7 Å². The van der Waals surface area contributed by atoms with E-state index in [0.29, 0.717) is 12.0 Å². The highest BCUT2D eigenvalue weighted by molar-refractivity contribution is 5.78. The van der Waals surface area contributed by atoms with Gasteiger partial charge in [0.05, 0.1) is 11.6 Å². The number of hydrogen-bond acceptors (Lipinski definition) is 1. The highest BCUT2D eigenvalue weighted by Gasteiger charge is 2.34. The number of nitrogens with two attached hydrogens (primary N) is 1. The minimum atomic E-state index is -4.28. The average Bonchev–Trinajstić information content (AvgIpc) is 3.16. The standard InChI is InChI=1S/C15H18F3N3/c16-15(17,18)11-3-1-2-9(6-11)10-7-13(8-10)21-14(19)20-12-4-5-12/h1-3,6,10,12-13H,4-5,7-8H2,(H3,19,20,21). The quantitative estimate of drug-likeness (QED) is 0.665. The molecule has 0 saturated heterocycles. The number of rotatable bonds is 3. The van der Waals surface area contributed by atoms with E-state index in [-0.39, 0.29) is 12.0 Å². The van der Waals surface area contributed by atoms with Crippen molar-refractivity contribution in [3.05, 3.63) is 35.4 Å². The largest absolute Gasteiger partial charge is 0.416 e. The number of nitrogens with one attached hydrogen (secondary N) is 1. The zero-order valence-electron chi connectivity index (χ0n) is 11.5. The molecule has 21 heavy (non-hydrogen) atoms. The second kappa shape index (κ2) is 5.24. The van der Waals surface area contributed by atoms with Crippen molar-refractivity contribution in [2.75, 3.05) is 0 Å². The Kier molecular flexibility index (Phi) is 3.55. The van der Waals surface area contributed by atoms with Crippen LogP contribution in [0.2, 0.25) is 0 Å². The third kappa shape index (κ3) is 3.49. The molecular weight excluding hydrogens is 279 g/mol. The minimum absolute atomic E-state index is 0.165. The summed E-state index contributed by atoms with van der Waals surface area (Å²) < 4.78 is 38.1. The van der Waals surface area contributed by atoms with E-state index in [2.05, 4.69) is 10.3 Å². The molecule has 1 aromatic carbocycles. The molecule has 0 spiro atoms. The van der Waals surface area contributed by atoms with Crippen molar-refractivity contribution in [3.8, 4) is 0 Å². The van der Waals surface area contributed by atoms with E-state index < -0.39 is 11.7 Å². The first-order chi connectivity index (χ1) is 9.91. The molecule has 0 radical (unpaired) electrons. The number of hydrogen-bond donors (Lipinski definition) is 2. The Hall–Kier alpha value is -1.72. The zero-order valence-corrected chi connectivity index (χ0v) is 11.5. The first-order valence-electron chi connectivity index (χ1n) is 7.19. The molecule has 0 heterocycles. The summed E-state index contributed by atoms with van der Waals surface area (Å²) in [6.45, 7) is 0. The van der Waals surface area contributed by atoms with Gasteiger partial charge in [0.25, 0.3) is 0 Å². The van der Waals surface area contributed by atoms with Crippen molar-refractivity contribution >= 4 is 5.96 Å². The third-order valence-corrected chi connectivity index (χ3v) is 4.04. The number of alkyl halides is 3. The fourth-order valence-corrected chi connectivity index (χ4v) is 2.62. The first-order valence-corrected chi connectivity index (χ1v) is 7.19. The Morgan fingerprint density at radius 1 is 1.24 bits per heavy atom.